The van der Waals surface area contributed by atoms with E-state index in [-0.39, 0.29) is 18.9 Å². The van der Waals surface area contributed by atoms with Gasteiger partial charge in [-0.15, -0.1) is 0 Å². The van der Waals surface area contributed by atoms with Crippen LogP contribution in [0.25, 0.3) is 0 Å². The second-order valence-corrected chi connectivity index (χ2v) is 12.9. The Morgan fingerprint density at radius 2 is 1.40 bits per heavy atom. The summed E-state index contributed by atoms with van der Waals surface area (Å²) in [5.74, 6) is -0.205. The van der Waals surface area contributed by atoms with Crippen LogP contribution < -0.4 is 14.4 Å². The largest absolute Gasteiger partial charge is 0.489 e. The van der Waals surface area contributed by atoms with Gasteiger partial charge in [-0.25, -0.2) is 8.42 Å². The van der Waals surface area contributed by atoms with Crippen molar-refractivity contribution in [2.75, 3.05) is 23.7 Å². The number of hydrogen-bond donors (Lipinski definition) is 1. The van der Waals surface area contributed by atoms with Crippen molar-refractivity contribution < 1.29 is 22.7 Å². The molecule has 2 amide bonds. The van der Waals surface area contributed by atoms with E-state index in [1.165, 1.54) is 4.90 Å². The van der Waals surface area contributed by atoms with Gasteiger partial charge >= 0.3 is 0 Å². The normalized spacial score (nSPS) is 11.8. The van der Waals surface area contributed by atoms with E-state index in [0.717, 1.165) is 39.2 Å². The number of ether oxygens (including phenoxy) is 1. The number of benzene rings is 4. The first-order chi connectivity index (χ1) is 21.6. The van der Waals surface area contributed by atoms with Crippen LogP contribution in [0.5, 0.6) is 5.75 Å². The summed E-state index contributed by atoms with van der Waals surface area (Å²) >= 11 is 0. The van der Waals surface area contributed by atoms with Crippen molar-refractivity contribution in [3.63, 3.8) is 0 Å². The molecular weight excluding hydrogens is 586 g/mol. The molecule has 0 heterocycles. The van der Waals surface area contributed by atoms with Gasteiger partial charge in [-0.3, -0.25) is 13.9 Å². The highest BCUT2D eigenvalue weighted by atomic mass is 32.2. The van der Waals surface area contributed by atoms with E-state index in [1.807, 2.05) is 98.8 Å². The lowest BCUT2D eigenvalue weighted by Crippen LogP contribution is -2.53. The maximum atomic E-state index is 14.2. The average molecular weight is 628 g/mol. The molecule has 0 aliphatic heterocycles. The van der Waals surface area contributed by atoms with Gasteiger partial charge in [-0.2, -0.15) is 0 Å². The Bertz CT molecular complexity index is 1630. The van der Waals surface area contributed by atoms with Gasteiger partial charge < -0.3 is 15.0 Å². The smallest absolute Gasteiger partial charge is 0.244 e. The topological polar surface area (TPSA) is 96.0 Å². The Balaban J connectivity index is 1.63. The van der Waals surface area contributed by atoms with Crippen LogP contribution in [0.1, 0.15) is 35.6 Å². The molecule has 1 unspecified atom stereocenters. The van der Waals surface area contributed by atoms with E-state index >= 15 is 0 Å². The van der Waals surface area contributed by atoms with Crippen LogP contribution in [0.15, 0.2) is 109 Å². The molecule has 4 aromatic carbocycles. The maximum Gasteiger partial charge on any atom is 0.244 e. The molecule has 0 aliphatic carbocycles. The van der Waals surface area contributed by atoms with Crippen molar-refractivity contribution in [2.45, 2.75) is 45.9 Å². The standard InChI is InChI=1S/C36H41N3O5S/c1-4-23-37-36(41)34(24-29-11-7-5-8-12-29)38(25-30-17-15-28(2)16-18-30)35(40)26-39(45(3,42)43)32-19-21-33(22-20-32)44-27-31-13-9-6-10-14-31/h5-22,34H,4,23-27H2,1-3H3,(H,37,41). The molecule has 0 bridgehead atoms. The average Bonchev–Trinajstić information content (AvgIpc) is 3.04. The first-order valence-corrected chi connectivity index (χ1v) is 16.9. The number of amides is 2. The Kier molecular flexibility index (Phi) is 11.8. The van der Waals surface area contributed by atoms with Crippen molar-refractivity contribution in [1.82, 2.24) is 10.2 Å². The number of nitrogens with one attached hydrogen (secondary N) is 1. The van der Waals surface area contributed by atoms with Crippen LogP contribution in [-0.4, -0.2) is 50.5 Å². The minimum absolute atomic E-state index is 0.139. The zero-order chi connectivity index (χ0) is 32.2. The number of anilines is 1. The van der Waals surface area contributed by atoms with E-state index < -0.39 is 28.5 Å². The quantitative estimate of drug-likeness (QED) is 0.188. The third kappa shape index (κ3) is 9.94. The lowest BCUT2D eigenvalue weighted by molar-refractivity contribution is -0.140. The maximum absolute atomic E-state index is 14.2. The molecule has 0 fully saturated rings. The Morgan fingerprint density at radius 1 is 0.800 bits per heavy atom. The van der Waals surface area contributed by atoms with Crippen LogP contribution in [0.4, 0.5) is 5.69 Å². The molecule has 4 rings (SSSR count). The minimum atomic E-state index is -3.87. The highest BCUT2D eigenvalue weighted by Crippen LogP contribution is 2.24. The monoisotopic (exact) mass is 627 g/mol. The van der Waals surface area contributed by atoms with Crippen molar-refractivity contribution in [2.24, 2.45) is 0 Å². The summed E-state index contributed by atoms with van der Waals surface area (Å²) in [5.41, 5.74) is 4.12. The summed E-state index contributed by atoms with van der Waals surface area (Å²) in [5, 5.41) is 2.95. The van der Waals surface area contributed by atoms with Gasteiger partial charge in [-0.1, -0.05) is 97.4 Å². The van der Waals surface area contributed by atoms with Crippen molar-refractivity contribution in [3.8, 4) is 5.75 Å². The van der Waals surface area contributed by atoms with E-state index in [9.17, 15) is 18.0 Å². The lowest BCUT2D eigenvalue weighted by atomic mass is 10.0. The molecule has 9 heteroatoms. The molecule has 1 N–H and O–H groups in total. The Labute approximate surface area is 266 Å². The highest BCUT2D eigenvalue weighted by molar-refractivity contribution is 7.92. The molecule has 8 nitrogen and oxygen atoms in total. The van der Waals surface area contributed by atoms with Gasteiger partial charge in [0.1, 0.15) is 24.9 Å². The zero-order valence-electron chi connectivity index (χ0n) is 26.1. The zero-order valence-corrected chi connectivity index (χ0v) is 26.9. The molecule has 0 aliphatic rings. The second kappa shape index (κ2) is 15.9. The molecule has 236 valence electrons. The Hall–Kier alpha value is -4.63. The van der Waals surface area contributed by atoms with Crippen molar-refractivity contribution >= 4 is 27.5 Å². The summed E-state index contributed by atoms with van der Waals surface area (Å²) in [4.78, 5) is 29.3. The van der Waals surface area contributed by atoms with Crippen LogP contribution in [-0.2, 0) is 39.2 Å². The predicted molar refractivity (Wildman–Crippen MR) is 178 cm³/mol. The number of carbonyl (C=O) groups is 2. The van der Waals surface area contributed by atoms with Crippen LogP contribution >= 0.6 is 0 Å². The van der Waals surface area contributed by atoms with E-state index in [1.54, 1.807) is 24.3 Å². The summed E-state index contributed by atoms with van der Waals surface area (Å²) in [6.45, 7) is 4.44. The fraction of sp³-hybridized carbons (Fsp3) is 0.278. The number of carbonyl (C=O) groups excluding carboxylic acids is 2. The molecule has 0 spiro atoms. The van der Waals surface area contributed by atoms with E-state index in [4.69, 9.17) is 4.74 Å². The fourth-order valence-electron chi connectivity index (χ4n) is 4.87. The molecule has 0 saturated carbocycles. The first kappa shape index (κ1) is 33.3. The highest BCUT2D eigenvalue weighted by Gasteiger charge is 2.33. The lowest BCUT2D eigenvalue weighted by Gasteiger charge is -2.33. The van der Waals surface area contributed by atoms with Gasteiger partial charge in [0.05, 0.1) is 11.9 Å². The van der Waals surface area contributed by atoms with Gasteiger partial charge in [0.2, 0.25) is 21.8 Å². The molecular formula is C36H41N3O5S. The fourth-order valence-corrected chi connectivity index (χ4v) is 5.72. The third-order valence-corrected chi connectivity index (χ3v) is 8.49. The molecule has 1 atom stereocenters. The Morgan fingerprint density at radius 3 is 1.98 bits per heavy atom. The number of aryl methyl sites for hydroxylation is 1. The van der Waals surface area contributed by atoms with Gasteiger partial charge in [0.15, 0.2) is 0 Å². The van der Waals surface area contributed by atoms with E-state index in [0.29, 0.717) is 24.6 Å². The summed E-state index contributed by atoms with van der Waals surface area (Å²) in [6, 6.07) is 32.7. The molecule has 0 saturated heterocycles. The second-order valence-electron chi connectivity index (χ2n) is 11.0. The molecule has 0 aromatic heterocycles. The van der Waals surface area contributed by atoms with Crippen LogP contribution in [0.3, 0.4) is 0 Å². The molecule has 45 heavy (non-hydrogen) atoms. The minimum Gasteiger partial charge on any atom is -0.489 e. The van der Waals surface area contributed by atoms with Crippen molar-refractivity contribution in [1.29, 1.82) is 0 Å². The van der Waals surface area contributed by atoms with E-state index in [2.05, 4.69) is 5.32 Å². The first-order valence-electron chi connectivity index (χ1n) is 15.0. The van der Waals surface area contributed by atoms with Gasteiger partial charge in [0, 0.05) is 19.5 Å². The summed E-state index contributed by atoms with van der Waals surface area (Å²) < 4.78 is 33.1. The number of hydrogen-bond acceptors (Lipinski definition) is 5. The number of sulfonamides is 1. The van der Waals surface area contributed by atoms with Gasteiger partial charge in [-0.05, 0) is 54.3 Å². The van der Waals surface area contributed by atoms with Gasteiger partial charge in [0.25, 0.3) is 0 Å². The predicted octanol–water partition coefficient (Wildman–Crippen LogP) is 5.51. The SMILES string of the molecule is CCCNC(=O)C(Cc1ccccc1)N(Cc1ccc(C)cc1)C(=O)CN(c1ccc(OCc2ccccc2)cc1)S(C)(=O)=O. The molecule has 4 aromatic rings. The van der Waals surface area contributed by atoms with Crippen LogP contribution in [0.2, 0.25) is 0 Å². The third-order valence-electron chi connectivity index (χ3n) is 7.35. The molecule has 0 radical (unpaired) electrons. The number of nitrogens with zero attached hydrogens (tertiary/aromatic N) is 2. The summed E-state index contributed by atoms with van der Waals surface area (Å²) in [6.07, 6.45) is 2.09. The summed E-state index contributed by atoms with van der Waals surface area (Å²) in [7, 11) is -3.87. The van der Waals surface area contributed by atoms with Crippen molar-refractivity contribution in [3.05, 3.63) is 131 Å². The number of rotatable bonds is 15. The van der Waals surface area contributed by atoms with Crippen LogP contribution in [0, 0.1) is 6.92 Å².